The minimum absolute atomic E-state index is 0.0799. The summed E-state index contributed by atoms with van der Waals surface area (Å²) in [7, 11) is 0. The number of hydrogen-bond acceptors (Lipinski definition) is 2. The van der Waals surface area contributed by atoms with E-state index in [0.29, 0.717) is 5.56 Å². The maximum Gasteiger partial charge on any atom is 0.145 e. The van der Waals surface area contributed by atoms with Crippen LogP contribution in [0.4, 0.5) is 4.39 Å². The van der Waals surface area contributed by atoms with Crippen molar-refractivity contribution in [2.24, 2.45) is 5.73 Å². The third-order valence-corrected chi connectivity index (χ3v) is 2.28. The number of aliphatic hydroxyl groups excluding tert-OH is 1. The van der Waals surface area contributed by atoms with Crippen molar-refractivity contribution in [2.75, 3.05) is 6.61 Å². The predicted molar refractivity (Wildman–Crippen MR) is 54.8 cm³/mol. The Kier molecular flexibility index (Phi) is 3.48. The molecule has 0 aliphatic carbocycles. The van der Waals surface area contributed by atoms with E-state index in [-0.39, 0.29) is 18.1 Å². The van der Waals surface area contributed by atoms with Crippen LogP contribution in [0.5, 0.6) is 0 Å². The summed E-state index contributed by atoms with van der Waals surface area (Å²) in [6.07, 6.45) is 0.260. The molecular formula is C10H13ClFNO. The normalized spacial score (nSPS) is 15.2. The van der Waals surface area contributed by atoms with E-state index in [1.54, 1.807) is 19.1 Å². The summed E-state index contributed by atoms with van der Waals surface area (Å²) in [4.78, 5) is 0. The van der Waals surface area contributed by atoms with Gasteiger partial charge in [-0.25, -0.2) is 4.39 Å². The van der Waals surface area contributed by atoms with Gasteiger partial charge < -0.3 is 10.8 Å². The molecule has 1 rings (SSSR count). The van der Waals surface area contributed by atoms with Crippen LogP contribution in [0.25, 0.3) is 0 Å². The van der Waals surface area contributed by atoms with Crippen LogP contribution in [0.2, 0.25) is 5.02 Å². The Morgan fingerprint density at radius 2 is 2.21 bits per heavy atom. The molecule has 0 aromatic heterocycles. The molecule has 1 unspecified atom stereocenters. The van der Waals surface area contributed by atoms with E-state index in [9.17, 15) is 4.39 Å². The summed E-state index contributed by atoms with van der Waals surface area (Å²) in [6, 6.07) is 4.75. The van der Waals surface area contributed by atoms with Gasteiger partial charge in [-0.1, -0.05) is 23.7 Å². The molecule has 0 spiro atoms. The predicted octanol–water partition coefficient (Wildman–Crippen LogP) is 1.73. The van der Waals surface area contributed by atoms with Gasteiger partial charge >= 0.3 is 0 Å². The Balaban J connectivity index is 2.92. The summed E-state index contributed by atoms with van der Waals surface area (Å²) < 4.78 is 13.4. The number of halogens is 2. The first kappa shape index (κ1) is 11.4. The zero-order valence-corrected chi connectivity index (χ0v) is 8.68. The highest BCUT2D eigenvalue weighted by molar-refractivity contribution is 6.30. The van der Waals surface area contributed by atoms with Crippen LogP contribution < -0.4 is 5.73 Å². The molecule has 0 aliphatic heterocycles. The zero-order chi connectivity index (χ0) is 10.8. The average molecular weight is 218 g/mol. The molecule has 1 atom stereocenters. The summed E-state index contributed by atoms with van der Waals surface area (Å²) in [5.41, 5.74) is 5.32. The third kappa shape index (κ3) is 2.67. The topological polar surface area (TPSA) is 46.2 Å². The highest BCUT2D eigenvalue weighted by Gasteiger charge is 2.20. The summed E-state index contributed by atoms with van der Waals surface area (Å²) >= 11 is 5.61. The van der Waals surface area contributed by atoms with E-state index >= 15 is 0 Å². The van der Waals surface area contributed by atoms with Crippen LogP contribution in [0.15, 0.2) is 18.2 Å². The van der Waals surface area contributed by atoms with Crippen molar-refractivity contribution >= 4 is 11.6 Å². The van der Waals surface area contributed by atoms with Crippen molar-refractivity contribution in [2.45, 2.75) is 18.9 Å². The molecular weight excluding hydrogens is 205 g/mol. The van der Waals surface area contributed by atoms with E-state index in [0.717, 1.165) is 0 Å². The van der Waals surface area contributed by atoms with Crippen LogP contribution in [0, 0.1) is 5.82 Å². The van der Waals surface area contributed by atoms with Gasteiger partial charge in [0.1, 0.15) is 5.82 Å². The first-order valence-corrected chi connectivity index (χ1v) is 4.67. The molecule has 0 heterocycles. The van der Waals surface area contributed by atoms with Crippen molar-refractivity contribution in [1.82, 2.24) is 0 Å². The van der Waals surface area contributed by atoms with Gasteiger partial charge in [-0.3, -0.25) is 0 Å². The lowest BCUT2D eigenvalue weighted by molar-refractivity contribution is 0.207. The fourth-order valence-electron chi connectivity index (χ4n) is 1.18. The van der Waals surface area contributed by atoms with E-state index in [1.807, 2.05) is 0 Å². The molecule has 0 aliphatic rings. The van der Waals surface area contributed by atoms with Crippen molar-refractivity contribution in [3.8, 4) is 0 Å². The molecule has 1 aromatic carbocycles. The molecule has 0 radical (unpaired) electrons. The summed E-state index contributed by atoms with van der Waals surface area (Å²) in [6.45, 7) is 1.46. The first-order valence-electron chi connectivity index (χ1n) is 4.29. The van der Waals surface area contributed by atoms with Gasteiger partial charge in [-0.2, -0.15) is 0 Å². The largest absolute Gasteiger partial charge is 0.394 e. The lowest BCUT2D eigenvalue weighted by Crippen LogP contribution is -2.42. The Morgan fingerprint density at radius 1 is 1.57 bits per heavy atom. The van der Waals surface area contributed by atoms with Gasteiger partial charge in [0.15, 0.2) is 0 Å². The number of rotatable bonds is 3. The van der Waals surface area contributed by atoms with E-state index < -0.39 is 11.4 Å². The van der Waals surface area contributed by atoms with Gasteiger partial charge in [-0.05, 0) is 25.0 Å². The number of benzene rings is 1. The molecule has 3 N–H and O–H groups in total. The monoisotopic (exact) mass is 217 g/mol. The molecule has 14 heavy (non-hydrogen) atoms. The van der Waals surface area contributed by atoms with Crippen molar-refractivity contribution < 1.29 is 9.50 Å². The van der Waals surface area contributed by atoms with Gasteiger partial charge in [0, 0.05) is 5.54 Å². The van der Waals surface area contributed by atoms with Gasteiger partial charge in [0.2, 0.25) is 0 Å². The van der Waals surface area contributed by atoms with E-state index in [1.165, 1.54) is 6.07 Å². The Hall–Kier alpha value is -0.640. The lowest BCUT2D eigenvalue weighted by atomic mass is 9.95. The fraction of sp³-hybridized carbons (Fsp3) is 0.400. The zero-order valence-electron chi connectivity index (χ0n) is 7.93. The third-order valence-electron chi connectivity index (χ3n) is 1.99. The Morgan fingerprint density at radius 3 is 2.79 bits per heavy atom. The SMILES string of the molecule is CC(N)(CO)Cc1cccc(Cl)c1F. The molecule has 0 saturated heterocycles. The fourth-order valence-corrected chi connectivity index (χ4v) is 1.37. The van der Waals surface area contributed by atoms with E-state index in [4.69, 9.17) is 22.4 Å². The second kappa shape index (κ2) is 4.26. The molecule has 2 nitrogen and oxygen atoms in total. The second-order valence-corrected chi connectivity index (χ2v) is 4.11. The van der Waals surface area contributed by atoms with Gasteiger partial charge in [0.25, 0.3) is 0 Å². The molecule has 0 amide bonds. The van der Waals surface area contributed by atoms with Crippen LogP contribution in [-0.4, -0.2) is 17.3 Å². The smallest absolute Gasteiger partial charge is 0.145 e. The van der Waals surface area contributed by atoms with Crippen LogP contribution in [0.1, 0.15) is 12.5 Å². The lowest BCUT2D eigenvalue weighted by Gasteiger charge is -2.21. The second-order valence-electron chi connectivity index (χ2n) is 3.70. The highest BCUT2D eigenvalue weighted by atomic mass is 35.5. The number of nitrogens with two attached hydrogens (primary N) is 1. The summed E-state index contributed by atoms with van der Waals surface area (Å²) in [5.74, 6) is -0.459. The molecule has 0 saturated carbocycles. The Bertz CT molecular complexity index is 328. The molecule has 0 bridgehead atoms. The number of aliphatic hydroxyl groups is 1. The van der Waals surface area contributed by atoms with Gasteiger partial charge in [-0.15, -0.1) is 0 Å². The number of hydrogen-bond donors (Lipinski definition) is 2. The standard InChI is InChI=1S/C10H13ClFNO/c1-10(13,6-14)5-7-3-2-4-8(11)9(7)12/h2-4,14H,5-6,13H2,1H3. The van der Waals surface area contributed by atoms with Crippen LogP contribution in [-0.2, 0) is 6.42 Å². The first-order chi connectivity index (χ1) is 6.46. The van der Waals surface area contributed by atoms with Crippen LogP contribution in [0.3, 0.4) is 0 Å². The minimum atomic E-state index is -0.814. The molecule has 0 fully saturated rings. The maximum atomic E-state index is 13.4. The van der Waals surface area contributed by atoms with Crippen molar-refractivity contribution in [3.05, 3.63) is 34.6 Å². The van der Waals surface area contributed by atoms with Gasteiger partial charge in [0.05, 0.1) is 11.6 Å². The van der Waals surface area contributed by atoms with E-state index in [2.05, 4.69) is 0 Å². The minimum Gasteiger partial charge on any atom is -0.394 e. The average Bonchev–Trinajstić information content (AvgIpc) is 2.13. The van der Waals surface area contributed by atoms with Crippen molar-refractivity contribution in [1.29, 1.82) is 0 Å². The quantitative estimate of drug-likeness (QED) is 0.810. The molecule has 78 valence electrons. The maximum absolute atomic E-state index is 13.4. The molecule has 1 aromatic rings. The van der Waals surface area contributed by atoms with Crippen molar-refractivity contribution in [3.63, 3.8) is 0 Å². The van der Waals surface area contributed by atoms with Crippen LogP contribution >= 0.6 is 11.6 Å². The summed E-state index contributed by atoms with van der Waals surface area (Å²) in [5, 5.41) is 9.01. The highest BCUT2D eigenvalue weighted by Crippen LogP contribution is 2.20. The molecule has 4 heteroatoms. The Labute approximate surface area is 87.5 Å².